The fraction of sp³-hybridized carbons (Fsp3) is 0.238. The predicted octanol–water partition coefficient (Wildman–Crippen LogP) is 3.52. The number of hydrogen-bond donors (Lipinski definition) is 1. The summed E-state index contributed by atoms with van der Waals surface area (Å²) in [7, 11) is 1.97. The van der Waals surface area contributed by atoms with Crippen LogP contribution in [0.15, 0.2) is 57.3 Å². The normalized spacial score (nSPS) is 15.9. The van der Waals surface area contributed by atoms with Crippen molar-refractivity contribution in [2.45, 2.75) is 12.6 Å². The molecule has 0 aliphatic carbocycles. The summed E-state index contributed by atoms with van der Waals surface area (Å²) in [5.74, 6) is 2.82. The van der Waals surface area contributed by atoms with E-state index in [1.165, 1.54) is 11.3 Å². The first-order valence-electron chi connectivity index (χ1n) is 9.28. The van der Waals surface area contributed by atoms with Gasteiger partial charge in [-0.3, -0.25) is 9.69 Å². The first kappa shape index (κ1) is 18.0. The Bertz CT molecular complexity index is 1200. The van der Waals surface area contributed by atoms with Crippen molar-refractivity contribution in [3.8, 4) is 22.8 Å². The summed E-state index contributed by atoms with van der Waals surface area (Å²) in [6, 6.07) is 11.3. The number of nitrogens with one attached hydrogen (secondary N) is 1. The van der Waals surface area contributed by atoms with Crippen LogP contribution in [-0.2, 0) is 6.54 Å². The summed E-state index contributed by atoms with van der Waals surface area (Å²) in [5.41, 5.74) is 0.618. The molecule has 0 bridgehead atoms. The number of fused-ring (bicyclic) bond motifs is 2. The van der Waals surface area contributed by atoms with Crippen molar-refractivity contribution >= 4 is 21.6 Å². The van der Waals surface area contributed by atoms with Crippen LogP contribution in [0.2, 0.25) is 0 Å². The number of aromatic amines is 1. The lowest BCUT2D eigenvalue weighted by Gasteiger charge is -2.29. The molecule has 1 aromatic carbocycles. The lowest BCUT2D eigenvalue weighted by molar-refractivity contribution is 0.0632. The maximum Gasteiger partial charge on any atom is 0.260 e. The molecular formula is C21H19N3O4S. The molecule has 1 aliphatic heterocycles. The number of ether oxygens (including phenoxy) is 2. The van der Waals surface area contributed by atoms with Crippen LogP contribution in [0.4, 0.5) is 0 Å². The van der Waals surface area contributed by atoms with E-state index in [2.05, 4.69) is 14.9 Å². The molecule has 4 aromatic rings. The Morgan fingerprint density at radius 3 is 2.93 bits per heavy atom. The monoisotopic (exact) mass is 409 g/mol. The second kappa shape index (κ2) is 7.38. The van der Waals surface area contributed by atoms with E-state index >= 15 is 0 Å². The van der Waals surface area contributed by atoms with Gasteiger partial charge in [-0.25, -0.2) is 4.98 Å². The van der Waals surface area contributed by atoms with Crippen molar-refractivity contribution in [3.05, 3.63) is 64.2 Å². The summed E-state index contributed by atoms with van der Waals surface area (Å²) in [6.07, 6.45) is 1.51. The van der Waals surface area contributed by atoms with Gasteiger partial charge in [-0.1, -0.05) is 12.1 Å². The Hall–Kier alpha value is -3.10. The van der Waals surface area contributed by atoms with Gasteiger partial charge in [-0.15, -0.1) is 11.3 Å². The van der Waals surface area contributed by atoms with E-state index < -0.39 is 0 Å². The number of likely N-dealkylation sites (N-methyl/N-ethyl adjacent to an activating group) is 1. The van der Waals surface area contributed by atoms with Gasteiger partial charge < -0.3 is 18.9 Å². The number of rotatable bonds is 5. The van der Waals surface area contributed by atoms with Crippen LogP contribution >= 0.6 is 11.3 Å². The first-order valence-corrected chi connectivity index (χ1v) is 10.2. The van der Waals surface area contributed by atoms with Gasteiger partial charge in [0.15, 0.2) is 11.5 Å². The molecule has 0 fully saturated rings. The quantitative estimate of drug-likeness (QED) is 0.543. The van der Waals surface area contributed by atoms with E-state index in [-0.39, 0.29) is 11.7 Å². The minimum absolute atomic E-state index is 0.0855. The molecule has 1 atom stereocenters. The number of aromatic nitrogens is 2. The highest BCUT2D eigenvalue weighted by atomic mass is 32.1. The van der Waals surface area contributed by atoms with Gasteiger partial charge in [0.05, 0.1) is 18.2 Å². The van der Waals surface area contributed by atoms with E-state index in [9.17, 15) is 4.79 Å². The number of hydrogen-bond acceptors (Lipinski definition) is 7. The van der Waals surface area contributed by atoms with Gasteiger partial charge in [-0.2, -0.15) is 0 Å². The summed E-state index contributed by atoms with van der Waals surface area (Å²) in [5, 5.41) is 2.47. The van der Waals surface area contributed by atoms with Crippen molar-refractivity contribution in [2.24, 2.45) is 0 Å². The SMILES string of the molecule is CN(Cc1nc2scc(-c3ccco3)c2c(=O)[nH]1)CC1COc2ccccc2O1. The fourth-order valence-corrected chi connectivity index (χ4v) is 4.45. The average Bonchev–Trinajstić information content (AvgIpc) is 3.37. The molecule has 1 N–H and O–H groups in total. The Morgan fingerprint density at radius 1 is 1.24 bits per heavy atom. The molecule has 7 nitrogen and oxygen atoms in total. The Balaban J connectivity index is 1.31. The zero-order chi connectivity index (χ0) is 19.8. The zero-order valence-corrected chi connectivity index (χ0v) is 16.6. The lowest BCUT2D eigenvalue weighted by Crippen LogP contribution is -2.39. The molecule has 29 heavy (non-hydrogen) atoms. The van der Waals surface area contributed by atoms with Crippen LogP contribution in [0.3, 0.4) is 0 Å². The van der Waals surface area contributed by atoms with Crippen molar-refractivity contribution in [2.75, 3.05) is 20.2 Å². The van der Waals surface area contributed by atoms with Gasteiger partial charge in [0.25, 0.3) is 5.56 Å². The zero-order valence-electron chi connectivity index (χ0n) is 15.8. The largest absolute Gasteiger partial charge is 0.486 e. The standard InChI is InChI=1S/C21H19N3O4S/c1-24(9-13-11-27-16-5-2-3-6-17(16)28-13)10-18-22-20(25)19-14(12-29-21(19)23-18)15-7-4-8-26-15/h2-8,12-13H,9-11H2,1H3,(H,22,23,25). The van der Waals surface area contributed by atoms with E-state index in [1.807, 2.05) is 42.8 Å². The molecule has 1 aliphatic rings. The van der Waals surface area contributed by atoms with Gasteiger partial charge in [0.2, 0.25) is 0 Å². The predicted molar refractivity (Wildman–Crippen MR) is 111 cm³/mol. The molecule has 3 aromatic heterocycles. The number of nitrogens with zero attached hydrogens (tertiary/aromatic N) is 2. The molecule has 8 heteroatoms. The van der Waals surface area contributed by atoms with Crippen molar-refractivity contribution < 1.29 is 13.9 Å². The first-order chi connectivity index (χ1) is 14.2. The summed E-state index contributed by atoms with van der Waals surface area (Å²) in [6.45, 7) is 1.64. The van der Waals surface area contributed by atoms with Crippen molar-refractivity contribution in [1.82, 2.24) is 14.9 Å². The van der Waals surface area contributed by atoms with Crippen LogP contribution < -0.4 is 15.0 Å². The highest BCUT2D eigenvalue weighted by Crippen LogP contribution is 2.32. The minimum atomic E-state index is -0.155. The van der Waals surface area contributed by atoms with Crippen LogP contribution in [0.5, 0.6) is 11.5 Å². The second-order valence-corrected chi connectivity index (χ2v) is 7.87. The van der Waals surface area contributed by atoms with Crippen LogP contribution in [0, 0.1) is 0 Å². The van der Waals surface area contributed by atoms with E-state index in [0.29, 0.717) is 41.5 Å². The molecule has 5 rings (SSSR count). The molecular weight excluding hydrogens is 390 g/mol. The second-order valence-electron chi connectivity index (χ2n) is 7.01. The molecule has 4 heterocycles. The number of furan rings is 1. The minimum Gasteiger partial charge on any atom is -0.486 e. The summed E-state index contributed by atoms with van der Waals surface area (Å²) < 4.78 is 17.2. The molecule has 0 spiro atoms. The van der Waals surface area contributed by atoms with E-state index in [1.54, 1.807) is 12.3 Å². The summed E-state index contributed by atoms with van der Waals surface area (Å²) in [4.78, 5) is 23.0. The van der Waals surface area contributed by atoms with Crippen LogP contribution in [0.1, 0.15) is 5.82 Å². The lowest BCUT2D eigenvalue weighted by atomic mass is 10.2. The van der Waals surface area contributed by atoms with E-state index in [0.717, 1.165) is 17.1 Å². The van der Waals surface area contributed by atoms with Gasteiger partial charge >= 0.3 is 0 Å². The third kappa shape index (κ3) is 3.52. The van der Waals surface area contributed by atoms with Crippen LogP contribution in [0.25, 0.3) is 21.5 Å². The molecule has 1 unspecified atom stereocenters. The topological polar surface area (TPSA) is 80.6 Å². The smallest absolute Gasteiger partial charge is 0.260 e. The van der Waals surface area contributed by atoms with Crippen LogP contribution in [-0.4, -0.2) is 41.2 Å². The molecule has 0 saturated carbocycles. The Kier molecular flexibility index (Phi) is 4.57. The number of benzene rings is 1. The molecule has 148 valence electrons. The van der Waals surface area contributed by atoms with Gasteiger partial charge in [0, 0.05) is 17.5 Å². The fourth-order valence-electron chi connectivity index (χ4n) is 3.50. The maximum atomic E-state index is 12.7. The third-order valence-corrected chi connectivity index (χ3v) is 5.65. The van der Waals surface area contributed by atoms with Crippen molar-refractivity contribution in [1.29, 1.82) is 0 Å². The highest BCUT2D eigenvalue weighted by molar-refractivity contribution is 7.17. The summed E-state index contributed by atoms with van der Waals surface area (Å²) >= 11 is 1.44. The average molecular weight is 409 g/mol. The number of thiophene rings is 1. The highest BCUT2D eigenvalue weighted by Gasteiger charge is 2.22. The number of para-hydroxylation sites is 2. The molecule has 0 amide bonds. The van der Waals surface area contributed by atoms with Crippen molar-refractivity contribution in [3.63, 3.8) is 0 Å². The Morgan fingerprint density at radius 2 is 2.10 bits per heavy atom. The third-order valence-electron chi connectivity index (χ3n) is 4.78. The Labute approximate surface area is 170 Å². The number of H-pyrrole nitrogens is 1. The van der Waals surface area contributed by atoms with Gasteiger partial charge in [0.1, 0.15) is 29.1 Å². The molecule has 0 saturated heterocycles. The maximum absolute atomic E-state index is 12.7. The molecule has 0 radical (unpaired) electrons. The van der Waals surface area contributed by atoms with Gasteiger partial charge in [-0.05, 0) is 31.3 Å². The van der Waals surface area contributed by atoms with E-state index in [4.69, 9.17) is 13.9 Å².